The average molecular weight is 292 g/mol. The first-order valence-electron chi connectivity index (χ1n) is 6.49. The monoisotopic (exact) mass is 291 g/mol. The van der Waals surface area contributed by atoms with E-state index < -0.39 is 0 Å². The van der Waals surface area contributed by atoms with E-state index in [4.69, 9.17) is 0 Å². The minimum absolute atomic E-state index is 0.228. The van der Waals surface area contributed by atoms with Crippen LogP contribution >= 0.6 is 15.9 Å². The number of carbonyl (C=O) groups excluding carboxylic acids is 1. The second kappa shape index (κ2) is 10.1. The van der Waals surface area contributed by atoms with Gasteiger partial charge in [-0.2, -0.15) is 0 Å². The third kappa shape index (κ3) is 7.26. The van der Waals surface area contributed by atoms with Crippen molar-refractivity contribution in [3.63, 3.8) is 0 Å². The molecule has 1 amide bonds. The van der Waals surface area contributed by atoms with Gasteiger partial charge in [0.2, 0.25) is 5.91 Å². The first-order chi connectivity index (χ1) is 7.65. The van der Waals surface area contributed by atoms with Crippen molar-refractivity contribution in [2.75, 3.05) is 11.9 Å². The average Bonchev–Trinajstić information content (AvgIpc) is 2.26. The van der Waals surface area contributed by atoms with Crippen LogP contribution < -0.4 is 5.32 Å². The van der Waals surface area contributed by atoms with Crippen LogP contribution in [0.1, 0.15) is 52.9 Å². The van der Waals surface area contributed by atoms with Crippen molar-refractivity contribution in [1.29, 1.82) is 0 Å². The molecule has 0 aliphatic rings. The molecule has 3 heteroatoms. The summed E-state index contributed by atoms with van der Waals surface area (Å²) >= 11 is 3.42. The summed E-state index contributed by atoms with van der Waals surface area (Å²) in [7, 11) is 0. The molecule has 16 heavy (non-hydrogen) atoms. The molecular formula is C13H26BrNO. The van der Waals surface area contributed by atoms with Crippen LogP contribution in [0.3, 0.4) is 0 Å². The van der Waals surface area contributed by atoms with Crippen LogP contribution in [0, 0.1) is 11.8 Å². The minimum Gasteiger partial charge on any atom is -0.356 e. The van der Waals surface area contributed by atoms with Crippen molar-refractivity contribution < 1.29 is 4.79 Å². The highest BCUT2D eigenvalue weighted by molar-refractivity contribution is 9.09. The molecule has 0 radical (unpaired) electrons. The van der Waals surface area contributed by atoms with Crippen molar-refractivity contribution in [1.82, 2.24) is 5.32 Å². The molecule has 0 fully saturated rings. The third-order valence-electron chi connectivity index (χ3n) is 2.87. The lowest BCUT2D eigenvalue weighted by Crippen LogP contribution is -2.34. The predicted molar refractivity (Wildman–Crippen MR) is 73.9 cm³/mol. The summed E-state index contributed by atoms with van der Waals surface area (Å²) in [5, 5.41) is 4.09. The van der Waals surface area contributed by atoms with Gasteiger partial charge in [0.25, 0.3) is 0 Å². The second-order valence-corrected chi connectivity index (χ2v) is 5.40. The van der Waals surface area contributed by atoms with E-state index in [1.165, 1.54) is 0 Å². The van der Waals surface area contributed by atoms with E-state index in [0.29, 0.717) is 5.92 Å². The van der Waals surface area contributed by atoms with Crippen LogP contribution in [0.15, 0.2) is 0 Å². The van der Waals surface area contributed by atoms with Gasteiger partial charge >= 0.3 is 0 Å². The molecule has 96 valence electrons. The molecule has 0 saturated carbocycles. The zero-order chi connectivity index (χ0) is 12.4. The van der Waals surface area contributed by atoms with Crippen molar-refractivity contribution in [2.45, 2.75) is 52.9 Å². The van der Waals surface area contributed by atoms with E-state index in [9.17, 15) is 4.79 Å². The van der Waals surface area contributed by atoms with E-state index in [0.717, 1.165) is 44.0 Å². The largest absolute Gasteiger partial charge is 0.356 e. The normalized spacial score (nSPS) is 12.8. The van der Waals surface area contributed by atoms with E-state index in [1.807, 2.05) is 0 Å². The van der Waals surface area contributed by atoms with Crippen LogP contribution in [0.4, 0.5) is 0 Å². The standard InChI is InChI=1S/C13H26BrNO/c1-4-6-12(7-5-2)13(16)15-10-11(3)8-9-14/h11-12H,4-10H2,1-3H3,(H,15,16). The molecule has 0 spiro atoms. The fourth-order valence-electron chi connectivity index (χ4n) is 1.81. The van der Waals surface area contributed by atoms with Crippen LogP contribution in [-0.2, 0) is 4.79 Å². The Bertz CT molecular complexity index is 179. The highest BCUT2D eigenvalue weighted by atomic mass is 79.9. The summed E-state index contributed by atoms with van der Waals surface area (Å²) in [5.74, 6) is 1.04. The lowest BCUT2D eigenvalue weighted by atomic mass is 9.97. The predicted octanol–water partition coefficient (Wildman–Crippen LogP) is 3.74. The van der Waals surface area contributed by atoms with E-state index in [1.54, 1.807) is 0 Å². The lowest BCUT2D eigenvalue weighted by Gasteiger charge is -2.17. The first kappa shape index (κ1) is 16.0. The molecule has 0 heterocycles. The van der Waals surface area contributed by atoms with Crippen molar-refractivity contribution in [3.8, 4) is 0 Å². The Morgan fingerprint density at radius 3 is 2.19 bits per heavy atom. The molecule has 2 nitrogen and oxygen atoms in total. The molecule has 1 unspecified atom stereocenters. The van der Waals surface area contributed by atoms with Crippen LogP contribution in [0.5, 0.6) is 0 Å². The van der Waals surface area contributed by atoms with Gasteiger partial charge < -0.3 is 5.32 Å². The van der Waals surface area contributed by atoms with Crippen molar-refractivity contribution in [3.05, 3.63) is 0 Å². The van der Waals surface area contributed by atoms with Gasteiger partial charge in [-0.25, -0.2) is 0 Å². The zero-order valence-electron chi connectivity index (χ0n) is 10.9. The van der Waals surface area contributed by atoms with E-state index >= 15 is 0 Å². The maximum Gasteiger partial charge on any atom is 0.223 e. The summed E-state index contributed by atoms with van der Waals surface area (Å²) in [6.45, 7) is 7.28. The maximum absolute atomic E-state index is 11.9. The van der Waals surface area contributed by atoms with E-state index in [2.05, 4.69) is 42.0 Å². The van der Waals surface area contributed by atoms with Crippen LogP contribution in [0.2, 0.25) is 0 Å². The maximum atomic E-state index is 11.9. The highest BCUT2D eigenvalue weighted by Crippen LogP contribution is 2.13. The lowest BCUT2D eigenvalue weighted by molar-refractivity contribution is -0.125. The van der Waals surface area contributed by atoms with Gasteiger partial charge in [0, 0.05) is 17.8 Å². The molecule has 0 saturated heterocycles. The zero-order valence-corrected chi connectivity index (χ0v) is 12.5. The smallest absolute Gasteiger partial charge is 0.223 e. The Kier molecular flexibility index (Phi) is 10.1. The summed E-state index contributed by atoms with van der Waals surface area (Å²) in [6.07, 6.45) is 5.34. The molecule has 0 bridgehead atoms. The number of amides is 1. The fraction of sp³-hybridized carbons (Fsp3) is 0.923. The Morgan fingerprint density at radius 1 is 1.19 bits per heavy atom. The van der Waals surface area contributed by atoms with Crippen molar-refractivity contribution >= 4 is 21.8 Å². The highest BCUT2D eigenvalue weighted by Gasteiger charge is 2.16. The second-order valence-electron chi connectivity index (χ2n) is 4.60. The SMILES string of the molecule is CCCC(CCC)C(=O)NCC(C)CCBr. The number of nitrogens with one attached hydrogen (secondary N) is 1. The Morgan fingerprint density at radius 2 is 1.75 bits per heavy atom. The van der Waals surface area contributed by atoms with E-state index in [-0.39, 0.29) is 11.8 Å². The Hall–Kier alpha value is -0.0500. The molecule has 1 atom stereocenters. The number of carbonyl (C=O) groups is 1. The molecule has 0 aromatic heterocycles. The number of rotatable bonds is 9. The van der Waals surface area contributed by atoms with Gasteiger partial charge in [-0.3, -0.25) is 4.79 Å². The van der Waals surface area contributed by atoms with Gasteiger partial charge in [-0.15, -0.1) is 0 Å². The third-order valence-corrected chi connectivity index (χ3v) is 3.33. The van der Waals surface area contributed by atoms with Gasteiger partial charge in [0.15, 0.2) is 0 Å². The molecule has 1 N–H and O–H groups in total. The Balaban J connectivity index is 3.90. The van der Waals surface area contributed by atoms with Crippen molar-refractivity contribution in [2.24, 2.45) is 11.8 Å². The fourth-order valence-corrected chi connectivity index (χ4v) is 2.59. The quantitative estimate of drug-likeness (QED) is 0.644. The summed E-state index contributed by atoms with van der Waals surface area (Å²) in [4.78, 5) is 11.9. The molecule has 0 aromatic carbocycles. The molecule has 0 aromatic rings. The Labute approximate surface area is 109 Å². The number of hydrogen-bond acceptors (Lipinski definition) is 1. The topological polar surface area (TPSA) is 29.1 Å². The summed E-state index contributed by atoms with van der Waals surface area (Å²) in [5.41, 5.74) is 0. The van der Waals surface area contributed by atoms with Gasteiger partial charge in [-0.05, 0) is 25.2 Å². The van der Waals surface area contributed by atoms with Gasteiger partial charge in [0.05, 0.1) is 0 Å². The molecular weight excluding hydrogens is 266 g/mol. The first-order valence-corrected chi connectivity index (χ1v) is 7.61. The molecule has 0 rings (SSSR count). The van der Waals surface area contributed by atoms with Crippen LogP contribution in [0.25, 0.3) is 0 Å². The van der Waals surface area contributed by atoms with Gasteiger partial charge in [0.1, 0.15) is 0 Å². The minimum atomic E-state index is 0.228. The summed E-state index contributed by atoms with van der Waals surface area (Å²) < 4.78 is 0. The molecule has 0 aliphatic carbocycles. The number of hydrogen-bond donors (Lipinski definition) is 1. The van der Waals surface area contributed by atoms with Crippen LogP contribution in [-0.4, -0.2) is 17.8 Å². The molecule has 0 aliphatic heterocycles. The summed E-state index contributed by atoms with van der Waals surface area (Å²) in [6, 6.07) is 0. The number of alkyl halides is 1. The number of halogens is 1. The van der Waals surface area contributed by atoms with Gasteiger partial charge in [-0.1, -0.05) is 49.5 Å².